The molecule has 3 fully saturated rings. The number of carbonyl (C=O) groups excluding carboxylic acids is 1. The van der Waals surface area contributed by atoms with E-state index in [4.69, 9.17) is 9.47 Å². The highest BCUT2D eigenvalue weighted by molar-refractivity contribution is 5.68. The maximum absolute atomic E-state index is 12.4. The molecule has 0 bridgehead atoms. The SMILES string of the molecule is CC(C)(C)OC(=O)N1CCN2CC(COc3cccc(CNC4CC4)c3)CCC2C1. The van der Waals surface area contributed by atoms with Gasteiger partial charge in [0, 0.05) is 50.7 Å². The predicted octanol–water partition coefficient (Wildman–Crippen LogP) is 3.65. The number of carbonyl (C=O) groups is 1. The number of hydrogen-bond acceptors (Lipinski definition) is 5. The molecule has 166 valence electrons. The van der Waals surface area contributed by atoms with E-state index in [1.54, 1.807) is 0 Å². The van der Waals surface area contributed by atoms with Gasteiger partial charge in [0.25, 0.3) is 0 Å². The second-order valence-corrected chi connectivity index (χ2v) is 10.1. The first-order chi connectivity index (χ1) is 14.4. The van der Waals surface area contributed by atoms with E-state index in [2.05, 4.69) is 34.5 Å². The molecule has 6 heteroatoms. The highest BCUT2D eigenvalue weighted by Gasteiger charge is 2.35. The Kier molecular flexibility index (Phi) is 6.54. The molecule has 0 radical (unpaired) electrons. The zero-order valence-electron chi connectivity index (χ0n) is 18.7. The molecule has 1 aliphatic carbocycles. The summed E-state index contributed by atoms with van der Waals surface area (Å²) in [6.07, 6.45) is 4.70. The van der Waals surface area contributed by atoms with Gasteiger partial charge in [-0.2, -0.15) is 0 Å². The highest BCUT2D eigenvalue weighted by Crippen LogP contribution is 2.27. The summed E-state index contributed by atoms with van der Waals surface area (Å²) in [5.41, 5.74) is 0.857. The van der Waals surface area contributed by atoms with E-state index in [0.29, 0.717) is 12.0 Å². The molecule has 1 amide bonds. The van der Waals surface area contributed by atoms with E-state index < -0.39 is 5.60 Å². The minimum atomic E-state index is -0.436. The zero-order valence-corrected chi connectivity index (χ0v) is 18.7. The summed E-state index contributed by atoms with van der Waals surface area (Å²) >= 11 is 0. The average molecular weight is 416 g/mol. The van der Waals surface area contributed by atoms with Crippen LogP contribution in [0.3, 0.4) is 0 Å². The highest BCUT2D eigenvalue weighted by atomic mass is 16.6. The second kappa shape index (κ2) is 9.15. The van der Waals surface area contributed by atoms with Crippen molar-refractivity contribution in [1.82, 2.24) is 15.1 Å². The van der Waals surface area contributed by atoms with Crippen molar-refractivity contribution in [3.63, 3.8) is 0 Å². The molecule has 1 saturated carbocycles. The second-order valence-electron chi connectivity index (χ2n) is 10.1. The van der Waals surface area contributed by atoms with Crippen molar-refractivity contribution in [2.75, 3.05) is 32.8 Å². The maximum atomic E-state index is 12.4. The van der Waals surface area contributed by atoms with Gasteiger partial charge in [-0.15, -0.1) is 0 Å². The third kappa shape index (κ3) is 6.11. The Morgan fingerprint density at radius 1 is 1.13 bits per heavy atom. The molecule has 2 heterocycles. The lowest BCUT2D eigenvalue weighted by Crippen LogP contribution is -2.58. The first-order valence-corrected chi connectivity index (χ1v) is 11.5. The van der Waals surface area contributed by atoms with Crippen molar-refractivity contribution in [1.29, 1.82) is 0 Å². The fourth-order valence-electron chi connectivity index (χ4n) is 4.40. The van der Waals surface area contributed by atoms with Crippen molar-refractivity contribution < 1.29 is 14.3 Å². The first kappa shape index (κ1) is 21.4. The lowest BCUT2D eigenvalue weighted by molar-refractivity contribution is -0.0122. The van der Waals surface area contributed by atoms with Gasteiger partial charge >= 0.3 is 6.09 Å². The van der Waals surface area contributed by atoms with Crippen LogP contribution in [0.2, 0.25) is 0 Å². The topological polar surface area (TPSA) is 54.0 Å². The first-order valence-electron chi connectivity index (χ1n) is 11.5. The Balaban J connectivity index is 1.22. The number of ether oxygens (including phenoxy) is 2. The Bertz CT molecular complexity index is 729. The van der Waals surface area contributed by atoms with Gasteiger partial charge in [0.2, 0.25) is 0 Å². The smallest absolute Gasteiger partial charge is 0.410 e. The Labute approximate surface area is 180 Å². The van der Waals surface area contributed by atoms with Crippen LogP contribution < -0.4 is 10.1 Å². The van der Waals surface area contributed by atoms with Crippen LogP contribution in [0.1, 0.15) is 52.0 Å². The number of fused-ring (bicyclic) bond motifs is 1. The van der Waals surface area contributed by atoms with Gasteiger partial charge in [0.05, 0.1) is 6.61 Å². The van der Waals surface area contributed by atoms with Crippen LogP contribution >= 0.6 is 0 Å². The number of benzene rings is 1. The molecule has 2 unspecified atom stereocenters. The van der Waals surface area contributed by atoms with Crippen LogP contribution in [0.4, 0.5) is 4.79 Å². The summed E-state index contributed by atoms with van der Waals surface area (Å²) in [7, 11) is 0. The van der Waals surface area contributed by atoms with Gasteiger partial charge in [-0.25, -0.2) is 4.79 Å². The summed E-state index contributed by atoms with van der Waals surface area (Å²) in [4.78, 5) is 16.8. The lowest BCUT2D eigenvalue weighted by atomic mass is 9.91. The molecular formula is C24H37N3O3. The molecule has 0 spiro atoms. The Hall–Kier alpha value is -1.79. The minimum Gasteiger partial charge on any atom is -0.493 e. The molecule has 6 nitrogen and oxygen atoms in total. The standard InChI is InChI=1S/C24H37N3O3/c1-24(2,3)30-23(28)27-12-11-26-15-19(7-10-21(26)16-27)17-29-22-6-4-5-18(13-22)14-25-20-8-9-20/h4-6,13,19-21,25H,7-12,14-17H2,1-3H3. The third-order valence-corrected chi connectivity index (χ3v) is 6.21. The van der Waals surface area contributed by atoms with Crippen LogP contribution in [0.15, 0.2) is 24.3 Å². The molecular weight excluding hydrogens is 378 g/mol. The van der Waals surface area contributed by atoms with E-state index in [9.17, 15) is 4.79 Å². The average Bonchev–Trinajstić information content (AvgIpc) is 3.54. The largest absolute Gasteiger partial charge is 0.493 e. The molecule has 30 heavy (non-hydrogen) atoms. The molecule has 1 N–H and O–H groups in total. The monoisotopic (exact) mass is 415 g/mol. The number of hydrogen-bond donors (Lipinski definition) is 1. The van der Waals surface area contributed by atoms with Crippen molar-refractivity contribution in [2.24, 2.45) is 5.92 Å². The lowest BCUT2D eigenvalue weighted by Gasteiger charge is -2.46. The maximum Gasteiger partial charge on any atom is 0.410 e. The molecule has 1 aromatic rings. The fraction of sp³-hybridized carbons (Fsp3) is 0.708. The van der Waals surface area contributed by atoms with Crippen LogP contribution in [0.25, 0.3) is 0 Å². The summed E-state index contributed by atoms with van der Waals surface area (Å²) in [6, 6.07) is 9.65. The number of amides is 1. The van der Waals surface area contributed by atoms with Gasteiger partial charge in [-0.1, -0.05) is 12.1 Å². The predicted molar refractivity (Wildman–Crippen MR) is 118 cm³/mol. The third-order valence-electron chi connectivity index (χ3n) is 6.21. The van der Waals surface area contributed by atoms with E-state index in [1.807, 2.05) is 25.7 Å². The molecule has 2 aliphatic heterocycles. The molecule has 0 aromatic heterocycles. The minimum absolute atomic E-state index is 0.177. The van der Waals surface area contributed by atoms with E-state index in [1.165, 1.54) is 18.4 Å². The molecule has 4 rings (SSSR count). The molecule has 2 atom stereocenters. The number of rotatable bonds is 6. The summed E-state index contributed by atoms with van der Waals surface area (Å²) in [6.45, 7) is 10.9. The normalized spacial score (nSPS) is 25.0. The van der Waals surface area contributed by atoms with Crippen LogP contribution in [0, 0.1) is 5.92 Å². The van der Waals surface area contributed by atoms with Gasteiger partial charge < -0.3 is 19.7 Å². The van der Waals surface area contributed by atoms with Gasteiger partial charge in [0.15, 0.2) is 0 Å². The zero-order chi connectivity index (χ0) is 21.1. The van der Waals surface area contributed by atoms with Crippen molar-refractivity contribution in [3.05, 3.63) is 29.8 Å². The van der Waals surface area contributed by atoms with Crippen molar-refractivity contribution in [3.8, 4) is 5.75 Å². The number of piperidine rings is 1. The quantitative estimate of drug-likeness (QED) is 0.769. The number of nitrogens with zero attached hydrogens (tertiary/aromatic N) is 2. The van der Waals surface area contributed by atoms with Crippen LogP contribution in [0.5, 0.6) is 5.75 Å². The van der Waals surface area contributed by atoms with Crippen molar-refractivity contribution >= 4 is 6.09 Å². The van der Waals surface area contributed by atoms with E-state index >= 15 is 0 Å². The Morgan fingerprint density at radius 3 is 2.73 bits per heavy atom. The van der Waals surface area contributed by atoms with Crippen molar-refractivity contribution in [2.45, 2.75) is 70.7 Å². The summed E-state index contributed by atoms with van der Waals surface area (Å²) < 4.78 is 11.7. The molecule has 1 aromatic carbocycles. The number of piperazine rings is 1. The van der Waals surface area contributed by atoms with E-state index in [-0.39, 0.29) is 6.09 Å². The van der Waals surface area contributed by atoms with E-state index in [0.717, 1.165) is 64.0 Å². The molecule has 3 aliphatic rings. The van der Waals surface area contributed by atoms with Crippen LogP contribution in [-0.2, 0) is 11.3 Å². The van der Waals surface area contributed by atoms with Gasteiger partial charge in [-0.3, -0.25) is 4.90 Å². The molecule has 2 saturated heterocycles. The summed E-state index contributed by atoms with van der Waals surface area (Å²) in [5, 5.41) is 3.56. The van der Waals surface area contributed by atoms with Gasteiger partial charge in [-0.05, 0) is 64.2 Å². The van der Waals surface area contributed by atoms with Crippen LogP contribution in [-0.4, -0.2) is 66.4 Å². The fourth-order valence-corrected chi connectivity index (χ4v) is 4.40. The number of nitrogens with one attached hydrogen (secondary N) is 1. The van der Waals surface area contributed by atoms with Gasteiger partial charge in [0.1, 0.15) is 11.4 Å². The Morgan fingerprint density at radius 2 is 1.97 bits per heavy atom. The summed E-state index contributed by atoms with van der Waals surface area (Å²) in [5.74, 6) is 1.52.